The average Bonchev–Trinajstić information content (AvgIpc) is 2.94. The van der Waals surface area contributed by atoms with Crippen LogP contribution in [0.5, 0.6) is 0 Å². The van der Waals surface area contributed by atoms with Gasteiger partial charge in [-0.3, -0.25) is 0 Å². The topological polar surface area (TPSA) is 27.8 Å². The van der Waals surface area contributed by atoms with E-state index in [9.17, 15) is 0 Å². The van der Waals surface area contributed by atoms with Crippen molar-refractivity contribution in [1.29, 1.82) is 0 Å². The SMILES string of the molecule is c1ccc2c(c1)CNC[C@@H]2c1ccc2[nH]ccc2c1. The first kappa shape index (κ1) is 10.8. The van der Waals surface area contributed by atoms with Crippen molar-refractivity contribution < 1.29 is 0 Å². The Kier molecular flexibility index (Phi) is 2.42. The van der Waals surface area contributed by atoms with Crippen LogP contribution in [0.1, 0.15) is 22.6 Å². The van der Waals surface area contributed by atoms with Gasteiger partial charge in [-0.1, -0.05) is 30.3 Å². The highest BCUT2D eigenvalue weighted by Gasteiger charge is 2.21. The third-order valence-electron chi connectivity index (χ3n) is 4.07. The lowest BCUT2D eigenvalue weighted by atomic mass is 9.85. The van der Waals surface area contributed by atoms with Gasteiger partial charge in [-0.2, -0.15) is 0 Å². The van der Waals surface area contributed by atoms with E-state index >= 15 is 0 Å². The second-order valence-corrected chi connectivity index (χ2v) is 5.21. The minimum Gasteiger partial charge on any atom is -0.361 e. The van der Waals surface area contributed by atoms with Crippen LogP contribution < -0.4 is 5.32 Å². The first-order valence-corrected chi connectivity index (χ1v) is 6.77. The molecule has 2 aromatic carbocycles. The molecule has 2 heteroatoms. The Morgan fingerprint density at radius 1 is 1.00 bits per heavy atom. The molecule has 0 fully saturated rings. The molecule has 0 unspecified atom stereocenters. The molecular weight excluding hydrogens is 232 g/mol. The molecule has 2 N–H and O–H groups in total. The number of fused-ring (bicyclic) bond motifs is 2. The van der Waals surface area contributed by atoms with Crippen molar-refractivity contribution in [3.63, 3.8) is 0 Å². The number of H-pyrrole nitrogens is 1. The van der Waals surface area contributed by atoms with Crippen molar-refractivity contribution in [3.8, 4) is 0 Å². The molecule has 1 aliphatic rings. The molecule has 1 aliphatic heterocycles. The molecule has 0 radical (unpaired) electrons. The predicted octanol–water partition coefficient (Wildman–Crippen LogP) is 3.40. The lowest BCUT2D eigenvalue weighted by molar-refractivity contribution is 0.592. The Labute approximate surface area is 112 Å². The Morgan fingerprint density at radius 3 is 2.95 bits per heavy atom. The van der Waals surface area contributed by atoms with Crippen LogP contribution in [0.4, 0.5) is 0 Å². The van der Waals surface area contributed by atoms with E-state index in [-0.39, 0.29) is 0 Å². The van der Waals surface area contributed by atoms with Crippen LogP contribution in [0, 0.1) is 0 Å². The number of aromatic nitrogens is 1. The molecule has 0 spiro atoms. The smallest absolute Gasteiger partial charge is 0.0454 e. The van der Waals surface area contributed by atoms with E-state index < -0.39 is 0 Å². The van der Waals surface area contributed by atoms with Gasteiger partial charge in [0, 0.05) is 30.7 Å². The Bertz CT molecular complexity index is 727. The molecule has 2 heterocycles. The summed E-state index contributed by atoms with van der Waals surface area (Å²) in [7, 11) is 0. The summed E-state index contributed by atoms with van der Waals surface area (Å²) in [5, 5.41) is 4.82. The molecule has 0 amide bonds. The second-order valence-electron chi connectivity index (χ2n) is 5.21. The van der Waals surface area contributed by atoms with Gasteiger partial charge >= 0.3 is 0 Å². The molecule has 0 saturated heterocycles. The van der Waals surface area contributed by atoms with Gasteiger partial charge in [-0.05, 0) is 40.3 Å². The van der Waals surface area contributed by atoms with Crippen LogP contribution in [-0.4, -0.2) is 11.5 Å². The van der Waals surface area contributed by atoms with Crippen molar-refractivity contribution in [1.82, 2.24) is 10.3 Å². The highest BCUT2D eigenvalue weighted by molar-refractivity contribution is 5.80. The summed E-state index contributed by atoms with van der Waals surface area (Å²) >= 11 is 0. The van der Waals surface area contributed by atoms with Gasteiger partial charge in [-0.15, -0.1) is 0 Å². The van der Waals surface area contributed by atoms with Gasteiger partial charge in [0.2, 0.25) is 0 Å². The number of nitrogens with one attached hydrogen (secondary N) is 2. The average molecular weight is 248 g/mol. The number of rotatable bonds is 1. The van der Waals surface area contributed by atoms with E-state index in [1.54, 1.807) is 0 Å². The molecule has 94 valence electrons. The van der Waals surface area contributed by atoms with Gasteiger partial charge in [0.1, 0.15) is 0 Å². The predicted molar refractivity (Wildman–Crippen MR) is 78.3 cm³/mol. The maximum absolute atomic E-state index is 3.52. The van der Waals surface area contributed by atoms with E-state index in [1.807, 2.05) is 6.20 Å². The standard InChI is InChI=1S/C17H16N2/c1-2-4-15-14(3-1)10-18-11-16(15)12-5-6-17-13(9-12)7-8-19-17/h1-9,16,18-19H,10-11H2/t16-/m1/s1. The third-order valence-corrected chi connectivity index (χ3v) is 4.07. The molecule has 3 aromatic rings. The molecule has 0 saturated carbocycles. The minimum atomic E-state index is 0.462. The number of hydrogen-bond donors (Lipinski definition) is 2. The molecule has 0 aliphatic carbocycles. The maximum atomic E-state index is 3.52. The lowest BCUT2D eigenvalue weighted by Gasteiger charge is -2.26. The summed E-state index contributed by atoms with van der Waals surface area (Å²) in [6.45, 7) is 2.01. The van der Waals surface area contributed by atoms with E-state index in [0.29, 0.717) is 5.92 Å². The Morgan fingerprint density at radius 2 is 1.95 bits per heavy atom. The van der Waals surface area contributed by atoms with Crippen LogP contribution >= 0.6 is 0 Å². The summed E-state index contributed by atoms with van der Waals surface area (Å²) in [4.78, 5) is 3.25. The second kappa shape index (κ2) is 4.25. The number of aromatic amines is 1. The van der Waals surface area contributed by atoms with Crippen molar-refractivity contribution >= 4 is 10.9 Å². The van der Waals surface area contributed by atoms with Gasteiger partial charge < -0.3 is 10.3 Å². The Balaban J connectivity index is 1.84. The van der Waals surface area contributed by atoms with Crippen molar-refractivity contribution in [2.45, 2.75) is 12.5 Å². The van der Waals surface area contributed by atoms with E-state index in [1.165, 1.54) is 27.6 Å². The molecule has 19 heavy (non-hydrogen) atoms. The quantitative estimate of drug-likeness (QED) is 0.678. The van der Waals surface area contributed by atoms with E-state index in [4.69, 9.17) is 0 Å². The zero-order valence-electron chi connectivity index (χ0n) is 10.7. The zero-order chi connectivity index (χ0) is 12.7. The monoisotopic (exact) mass is 248 g/mol. The Hall–Kier alpha value is -2.06. The molecule has 0 bridgehead atoms. The number of benzene rings is 2. The molecule has 1 aromatic heterocycles. The van der Waals surface area contributed by atoms with E-state index in [0.717, 1.165) is 13.1 Å². The normalized spacial score (nSPS) is 18.4. The zero-order valence-corrected chi connectivity index (χ0v) is 10.7. The van der Waals surface area contributed by atoms with Gasteiger partial charge in [0.05, 0.1) is 0 Å². The summed E-state index contributed by atoms with van der Waals surface area (Å²) < 4.78 is 0. The van der Waals surface area contributed by atoms with Crippen LogP contribution in [0.3, 0.4) is 0 Å². The molecule has 4 rings (SSSR count). The summed E-state index contributed by atoms with van der Waals surface area (Å²) in [6.07, 6.45) is 2.00. The van der Waals surface area contributed by atoms with Crippen molar-refractivity contribution in [3.05, 3.63) is 71.4 Å². The van der Waals surface area contributed by atoms with Gasteiger partial charge in [0.15, 0.2) is 0 Å². The fourth-order valence-electron chi connectivity index (χ4n) is 3.08. The third kappa shape index (κ3) is 1.76. The van der Waals surface area contributed by atoms with Crippen LogP contribution in [0.25, 0.3) is 10.9 Å². The highest BCUT2D eigenvalue weighted by atomic mass is 14.9. The summed E-state index contributed by atoms with van der Waals surface area (Å²) in [6, 6.07) is 17.6. The number of hydrogen-bond acceptors (Lipinski definition) is 1. The van der Waals surface area contributed by atoms with Gasteiger partial charge in [-0.25, -0.2) is 0 Å². The first-order valence-electron chi connectivity index (χ1n) is 6.77. The van der Waals surface area contributed by atoms with Crippen LogP contribution in [-0.2, 0) is 6.54 Å². The van der Waals surface area contributed by atoms with E-state index in [2.05, 4.69) is 58.8 Å². The lowest BCUT2D eigenvalue weighted by Crippen LogP contribution is -2.28. The highest BCUT2D eigenvalue weighted by Crippen LogP contribution is 2.31. The molecular formula is C17H16N2. The van der Waals surface area contributed by atoms with Crippen LogP contribution in [0.15, 0.2) is 54.7 Å². The minimum absolute atomic E-state index is 0.462. The summed E-state index contributed by atoms with van der Waals surface area (Å²) in [5.74, 6) is 0.462. The molecule has 2 nitrogen and oxygen atoms in total. The maximum Gasteiger partial charge on any atom is 0.0454 e. The fraction of sp³-hybridized carbons (Fsp3) is 0.176. The summed E-state index contributed by atoms with van der Waals surface area (Å²) in [5.41, 5.74) is 5.50. The van der Waals surface area contributed by atoms with Crippen molar-refractivity contribution in [2.75, 3.05) is 6.54 Å². The first-order chi connectivity index (χ1) is 9.42. The van der Waals surface area contributed by atoms with Crippen molar-refractivity contribution in [2.24, 2.45) is 0 Å². The largest absolute Gasteiger partial charge is 0.361 e. The molecule has 1 atom stereocenters. The fourth-order valence-corrected chi connectivity index (χ4v) is 3.08. The van der Waals surface area contributed by atoms with Gasteiger partial charge in [0.25, 0.3) is 0 Å². The van der Waals surface area contributed by atoms with Crippen LogP contribution in [0.2, 0.25) is 0 Å².